The van der Waals surface area contributed by atoms with Gasteiger partial charge in [-0.15, -0.1) is 0 Å². The quantitative estimate of drug-likeness (QED) is 0.259. The third-order valence-electron chi connectivity index (χ3n) is 4.62. The Kier molecular flexibility index (Phi) is 4.41. The molecule has 4 rings (SSSR count). The summed E-state index contributed by atoms with van der Waals surface area (Å²) >= 11 is 0. The third kappa shape index (κ3) is 3.03. The molecule has 0 fully saturated rings. The SMILES string of the molecule is O=C(c1ccccc1)c1c(-c2ccc(F)cc2)c([N+](=O)[O-])cc2ccccc12. The van der Waals surface area contributed by atoms with Crippen molar-refractivity contribution in [2.75, 3.05) is 0 Å². The zero-order chi connectivity index (χ0) is 19.7. The third-order valence-corrected chi connectivity index (χ3v) is 4.62. The normalized spacial score (nSPS) is 10.8. The van der Waals surface area contributed by atoms with Crippen LogP contribution in [0.25, 0.3) is 21.9 Å². The van der Waals surface area contributed by atoms with Crippen LogP contribution in [0.3, 0.4) is 0 Å². The first kappa shape index (κ1) is 17.5. The highest BCUT2D eigenvalue weighted by atomic mass is 19.1. The molecule has 0 aliphatic rings. The number of rotatable bonds is 4. The number of halogens is 1. The van der Waals surface area contributed by atoms with Crippen LogP contribution < -0.4 is 0 Å². The molecule has 0 unspecified atom stereocenters. The van der Waals surface area contributed by atoms with Gasteiger partial charge in [0.05, 0.1) is 10.5 Å². The Labute approximate surface area is 160 Å². The molecule has 4 aromatic rings. The minimum Gasteiger partial charge on any atom is -0.289 e. The molecule has 0 spiro atoms. The first-order valence-corrected chi connectivity index (χ1v) is 8.62. The van der Waals surface area contributed by atoms with Crippen molar-refractivity contribution in [2.24, 2.45) is 0 Å². The lowest BCUT2D eigenvalue weighted by Crippen LogP contribution is -2.07. The Hall–Kier alpha value is -3.86. The summed E-state index contributed by atoms with van der Waals surface area (Å²) in [4.78, 5) is 24.7. The van der Waals surface area contributed by atoms with E-state index in [1.165, 1.54) is 30.3 Å². The van der Waals surface area contributed by atoms with E-state index in [0.29, 0.717) is 21.9 Å². The lowest BCUT2D eigenvalue weighted by Gasteiger charge is -2.14. The summed E-state index contributed by atoms with van der Waals surface area (Å²) in [5.74, 6) is -0.775. The Morgan fingerprint density at radius 3 is 2.18 bits per heavy atom. The molecule has 0 bridgehead atoms. The van der Waals surface area contributed by atoms with Gasteiger partial charge in [0, 0.05) is 17.2 Å². The van der Waals surface area contributed by atoms with Gasteiger partial charge in [-0.2, -0.15) is 0 Å². The maximum absolute atomic E-state index is 13.4. The van der Waals surface area contributed by atoms with Crippen LogP contribution in [-0.4, -0.2) is 10.7 Å². The van der Waals surface area contributed by atoms with Gasteiger partial charge in [-0.25, -0.2) is 4.39 Å². The van der Waals surface area contributed by atoms with E-state index in [-0.39, 0.29) is 22.6 Å². The van der Waals surface area contributed by atoms with Gasteiger partial charge in [0.2, 0.25) is 0 Å². The monoisotopic (exact) mass is 371 g/mol. The van der Waals surface area contributed by atoms with E-state index in [1.54, 1.807) is 54.6 Å². The lowest BCUT2D eigenvalue weighted by atomic mass is 9.88. The van der Waals surface area contributed by atoms with Crippen molar-refractivity contribution in [3.63, 3.8) is 0 Å². The van der Waals surface area contributed by atoms with Crippen LogP contribution in [0.15, 0.2) is 84.9 Å². The molecule has 0 saturated heterocycles. The number of nitro benzene ring substituents is 1. The number of carbonyl (C=O) groups is 1. The van der Waals surface area contributed by atoms with Crippen LogP contribution in [0.5, 0.6) is 0 Å². The second-order valence-corrected chi connectivity index (χ2v) is 6.33. The molecule has 136 valence electrons. The zero-order valence-corrected chi connectivity index (χ0v) is 14.6. The molecule has 0 atom stereocenters. The number of hydrogen-bond donors (Lipinski definition) is 0. The van der Waals surface area contributed by atoms with Crippen molar-refractivity contribution >= 4 is 22.2 Å². The van der Waals surface area contributed by atoms with Crippen LogP contribution in [0.2, 0.25) is 0 Å². The predicted molar refractivity (Wildman–Crippen MR) is 106 cm³/mol. The number of benzene rings is 4. The maximum atomic E-state index is 13.4. The zero-order valence-electron chi connectivity index (χ0n) is 14.6. The van der Waals surface area contributed by atoms with Gasteiger partial charge in [0.1, 0.15) is 5.82 Å². The molecule has 28 heavy (non-hydrogen) atoms. The standard InChI is InChI=1S/C23H14FNO3/c24-18-12-10-15(11-13-18)21-20(25(27)28)14-17-8-4-5-9-19(17)22(21)23(26)16-6-2-1-3-7-16/h1-14H. The van der Waals surface area contributed by atoms with Gasteiger partial charge < -0.3 is 0 Å². The highest BCUT2D eigenvalue weighted by Crippen LogP contribution is 2.39. The number of ketones is 1. The van der Waals surface area contributed by atoms with E-state index in [0.717, 1.165) is 0 Å². The van der Waals surface area contributed by atoms with Crippen molar-refractivity contribution in [1.29, 1.82) is 0 Å². The fourth-order valence-electron chi connectivity index (χ4n) is 3.36. The molecule has 0 radical (unpaired) electrons. The Bertz CT molecular complexity index is 1200. The number of carbonyl (C=O) groups excluding carboxylic acids is 1. The smallest absolute Gasteiger partial charge is 0.278 e. The summed E-state index contributed by atoms with van der Waals surface area (Å²) in [6, 6.07) is 22.5. The van der Waals surface area contributed by atoms with Crippen LogP contribution in [-0.2, 0) is 0 Å². The summed E-state index contributed by atoms with van der Waals surface area (Å²) in [7, 11) is 0. The summed E-state index contributed by atoms with van der Waals surface area (Å²) in [6.45, 7) is 0. The van der Waals surface area contributed by atoms with Crippen molar-refractivity contribution < 1.29 is 14.1 Å². The molecular weight excluding hydrogens is 357 g/mol. The first-order chi connectivity index (χ1) is 13.6. The van der Waals surface area contributed by atoms with E-state index in [2.05, 4.69) is 0 Å². The Morgan fingerprint density at radius 2 is 1.50 bits per heavy atom. The van der Waals surface area contributed by atoms with Gasteiger partial charge in [-0.05, 0) is 28.5 Å². The number of nitro groups is 1. The van der Waals surface area contributed by atoms with Gasteiger partial charge >= 0.3 is 0 Å². The van der Waals surface area contributed by atoms with Crippen molar-refractivity contribution in [3.05, 3.63) is 112 Å². The topological polar surface area (TPSA) is 60.2 Å². The van der Waals surface area contributed by atoms with Crippen LogP contribution in [0.4, 0.5) is 10.1 Å². The Balaban J connectivity index is 2.13. The molecule has 4 nitrogen and oxygen atoms in total. The highest BCUT2D eigenvalue weighted by Gasteiger charge is 2.27. The second-order valence-electron chi connectivity index (χ2n) is 6.33. The van der Waals surface area contributed by atoms with E-state index in [9.17, 15) is 19.3 Å². The number of fused-ring (bicyclic) bond motifs is 1. The molecular formula is C23H14FNO3. The molecule has 0 N–H and O–H groups in total. The summed E-state index contributed by atoms with van der Waals surface area (Å²) < 4.78 is 13.4. The van der Waals surface area contributed by atoms with E-state index in [1.807, 2.05) is 0 Å². The van der Waals surface area contributed by atoms with Crippen molar-refractivity contribution in [3.8, 4) is 11.1 Å². The first-order valence-electron chi connectivity index (χ1n) is 8.62. The minimum atomic E-state index is -0.507. The van der Waals surface area contributed by atoms with E-state index >= 15 is 0 Å². The van der Waals surface area contributed by atoms with Crippen molar-refractivity contribution in [2.45, 2.75) is 0 Å². The molecule has 5 heteroatoms. The van der Waals surface area contributed by atoms with Gasteiger partial charge in [-0.3, -0.25) is 14.9 Å². The molecule has 0 saturated carbocycles. The van der Waals surface area contributed by atoms with E-state index in [4.69, 9.17) is 0 Å². The maximum Gasteiger partial charge on any atom is 0.278 e. The fourth-order valence-corrected chi connectivity index (χ4v) is 3.36. The van der Waals surface area contributed by atoms with Gasteiger partial charge in [0.15, 0.2) is 5.78 Å². The minimum absolute atomic E-state index is 0.190. The van der Waals surface area contributed by atoms with Crippen LogP contribution >= 0.6 is 0 Å². The fraction of sp³-hybridized carbons (Fsp3) is 0. The second kappa shape index (κ2) is 7.04. The molecule has 0 aromatic heterocycles. The summed E-state index contributed by atoms with van der Waals surface area (Å²) in [5, 5.41) is 13.0. The van der Waals surface area contributed by atoms with Gasteiger partial charge in [0.25, 0.3) is 5.69 Å². The Morgan fingerprint density at radius 1 is 0.857 bits per heavy atom. The molecule has 0 aliphatic carbocycles. The van der Waals surface area contributed by atoms with Crippen molar-refractivity contribution in [1.82, 2.24) is 0 Å². The van der Waals surface area contributed by atoms with Crippen LogP contribution in [0, 0.1) is 15.9 Å². The predicted octanol–water partition coefficient (Wildman–Crippen LogP) is 5.79. The molecule has 4 aromatic carbocycles. The highest BCUT2D eigenvalue weighted by molar-refractivity contribution is 6.21. The average molecular weight is 371 g/mol. The molecule has 0 amide bonds. The molecule has 0 aliphatic heterocycles. The lowest BCUT2D eigenvalue weighted by molar-refractivity contribution is -0.384. The number of hydrogen-bond acceptors (Lipinski definition) is 3. The van der Waals surface area contributed by atoms with E-state index < -0.39 is 10.7 Å². The molecule has 0 heterocycles. The average Bonchev–Trinajstić information content (AvgIpc) is 2.73. The summed E-state index contributed by atoms with van der Waals surface area (Å²) in [6.07, 6.45) is 0. The van der Waals surface area contributed by atoms with Crippen LogP contribution in [0.1, 0.15) is 15.9 Å². The number of nitrogens with zero attached hydrogens (tertiary/aromatic N) is 1. The largest absolute Gasteiger partial charge is 0.289 e. The summed E-state index contributed by atoms with van der Waals surface area (Å²) in [5.41, 5.74) is 1.08. The van der Waals surface area contributed by atoms with Gasteiger partial charge in [-0.1, -0.05) is 66.7 Å².